The van der Waals surface area contributed by atoms with E-state index in [1.807, 2.05) is 6.92 Å². The fourth-order valence-electron chi connectivity index (χ4n) is 3.74. The molecule has 0 aliphatic carbocycles. The Morgan fingerprint density at radius 1 is 1.15 bits per heavy atom. The van der Waals surface area contributed by atoms with Crippen molar-refractivity contribution >= 4 is 17.4 Å². The maximum Gasteiger partial charge on any atom is 0.410 e. The Labute approximate surface area is 188 Å². The number of hydrogen-bond acceptors (Lipinski definition) is 5. The smallest absolute Gasteiger partial charge is 0.410 e. The highest BCUT2D eigenvalue weighted by Gasteiger charge is 2.46. The van der Waals surface area contributed by atoms with Gasteiger partial charge >= 0.3 is 6.18 Å². The lowest BCUT2D eigenvalue weighted by atomic mass is 9.97. The van der Waals surface area contributed by atoms with Gasteiger partial charge in [0.05, 0.1) is 19.8 Å². The number of fused-ring (bicyclic) bond motifs is 1. The minimum Gasteiger partial charge on any atom is -0.497 e. The van der Waals surface area contributed by atoms with Gasteiger partial charge in [0.2, 0.25) is 0 Å². The van der Waals surface area contributed by atoms with Crippen molar-refractivity contribution in [1.29, 1.82) is 0 Å². The Hall–Kier alpha value is -3.69. The van der Waals surface area contributed by atoms with Gasteiger partial charge in [-0.05, 0) is 48.9 Å². The van der Waals surface area contributed by atoms with Crippen molar-refractivity contribution in [1.82, 2.24) is 9.78 Å². The van der Waals surface area contributed by atoms with E-state index in [1.165, 1.54) is 13.2 Å². The molecule has 0 bridgehead atoms. The first-order valence-corrected chi connectivity index (χ1v) is 10.4. The molecule has 0 saturated heterocycles. The molecule has 7 nitrogen and oxygen atoms in total. The predicted octanol–water partition coefficient (Wildman–Crippen LogP) is 5.20. The predicted molar refractivity (Wildman–Crippen MR) is 117 cm³/mol. The third kappa shape index (κ3) is 4.89. The molecule has 1 aromatic heterocycles. The summed E-state index contributed by atoms with van der Waals surface area (Å²) in [5.74, 6) is 0.779. The second-order valence-electron chi connectivity index (χ2n) is 7.53. The Morgan fingerprint density at radius 2 is 1.82 bits per heavy atom. The van der Waals surface area contributed by atoms with Crippen LogP contribution >= 0.6 is 0 Å². The van der Waals surface area contributed by atoms with E-state index in [9.17, 15) is 18.0 Å². The van der Waals surface area contributed by atoms with Crippen LogP contribution in [0.15, 0.2) is 54.6 Å². The van der Waals surface area contributed by atoms with Gasteiger partial charge in [-0.1, -0.05) is 12.1 Å². The highest BCUT2D eigenvalue weighted by molar-refractivity contribution is 6.03. The van der Waals surface area contributed by atoms with Gasteiger partial charge in [0.25, 0.3) is 5.91 Å². The number of ether oxygens (including phenoxy) is 2. The first-order chi connectivity index (χ1) is 15.8. The molecule has 2 aromatic carbocycles. The third-order valence-electron chi connectivity index (χ3n) is 5.36. The topological polar surface area (TPSA) is 77.4 Å². The normalized spacial score (nSPS) is 17.6. The van der Waals surface area contributed by atoms with Gasteiger partial charge in [0.15, 0.2) is 11.7 Å². The summed E-state index contributed by atoms with van der Waals surface area (Å²) in [7, 11) is 1.52. The van der Waals surface area contributed by atoms with Crippen LogP contribution < -0.4 is 20.1 Å². The quantitative estimate of drug-likeness (QED) is 0.529. The third-order valence-corrected chi connectivity index (χ3v) is 5.36. The van der Waals surface area contributed by atoms with Crippen LogP contribution in [0.4, 0.5) is 24.7 Å². The number of methoxy groups -OCH3 is 1. The largest absolute Gasteiger partial charge is 0.497 e. The summed E-state index contributed by atoms with van der Waals surface area (Å²) in [6.07, 6.45) is -4.79. The summed E-state index contributed by atoms with van der Waals surface area (Å²) in [6, 6.07) is 12.4. The minimum atomic E-state index is -4.53. The van der Waals surface area contributed by atoms with Crippen LogP contribution in [-0.2, 0) is 0 Å². The first kappa shape index (κ1) is 22.5. The van der Waals surface area contributed by atoms with Gasteiger partial charge < -0.3 is 20.1 Å². The Morgan fingerprint density at radius 3 is 2.42 bits per heavy atom. The molecule has 0 radical (unpaired) electrons. The molecule has 0 spiro atoms. The second kappa shape index (κ2) is 9.05. The molecule has 2 atom stereocenters. The lowest BCUT2D eigenvalue weighted by Gasteiger charge is -2.33. The summed E-state index contributed by atoms with van der Waals surface area (Å²) in [5, 5.41) is 9.70. The fourth-order valence-corrected chi connectivity index (χ4v) is 3.74. The number of halogens is 3. The Bertz CT molecular complexity index is 1110. The van der Waals surface area contributed by atoms with Gasteiger partial charge in [-0.3, -0.25) is 4.79 Å². The van der Waals surface area contributed by atoms with E-state index in [2.05, 4.69) is 15.7 Å². The lowest BCUT2D eigenvalue weighted by molar-refractivity contribution is -0.173. The van der Waals surface area contributed by atoms with Crippen LogP contribution in [-0.4, -0.2) is 35.6 Å². The molecule has 1 aliphatic rings. The number of rotatable bonds is 6. The van der Waals surface area contributed by atoms with Gasteiger partial charge in [-0.2, -0.15) is 18.3 Å². The van der Waals surface area contributed by atoms with Crippen molar-refractivity contribution in [2.24, 2.45) is 0 Å². The number of carbonyl (C=O) groups excluding carboxylic acids is 1. The fraction of sp³-hybridized carbons (Fsp3) is 0.304. The number of benzene rings is 2. The number of nitrogens with one attached hydrogen (secondary N) is 2. The van der Waals surface area contributed by atoms with E-state index in [0.29, 0.717) is 29.4 Å². The number of alkyl halides is 3. The number of hydrogen-bond donors (Lipinski definition) is 2. The molecule has 1 amide bonds. The summed E-state index contributed by atoms with van der Waals surface area (Å²) >= 11 is 0. The SMILES string of the molecule is CCOc1ccc(NC(=O)c2cc3n(n2)[C@@H](C(F)(F)F)C[C@@H](c2ccc(OC)cc2)N3)cc1. The van der Waals surface area contributed by atoms with E-state index in [0.717, 1.165) is 4.68 Å². The molecule has 10 heteroatoms. The van der Waals surface area contributed by atoms with Crippen LogP contribution in [0, 0.1) is 0 Å². The van der Waals surface area contributed by atoms with Crippen molar-refractivity contribution < 1.29 is 27.4 Å². The van der Waals surface area contributed by atoms with Crippen molar-refractivity contribution in [2.45, 2.75) is 31.6 Å². The minimum absolute atomic E-state index is 0.115. The Balaban J connectivity index is 1.57. The average Bonchev–Trinajstić information content (AvgIpc) is 3.23. The van der Waals surface area contributed by atoms with Crippen LogP contribution in [0.5, 0.6) is 11.5 Å². The lowest BCUT2D eigenvalue weighted by Crippen LogP contribution is -2.35. The van der Waals surface area contributed by atoms with Gasteiger partial charge in [-0.25, -0.2) is 4.68 Å². The van der Waals surface area contributed by atoms with Crippen molar-refractivity contribution in [2.75, 3.05) is 24.4 Å². The molecule has 2 N–H and O–H groups in total. The second-order valence-corrected chi connectivity index (χ2v) is 7.53. The van der Waals surface area contributed by atoms with Crippen molar-refractivity contribution in [3.05, 3.63) is 65.9 Å². The van der Waals surface area contributed by atoms with Crippen molar-refractivity contribution in [3.63, 3.8) is 0 Å². The number of amides is 1. The van der Waals surface area contributed by atoms with Gasteiger partial charge in [0, 0.05) is 18.2 Å². The molecule has 0 fully saturated rings. The first-order valence-electron chi connectivity index (χ1n) is 10.4. The number of anilines is 2. The summed E-state index contributed by atoms with van der Waals surface area (Å²) < 4.78 is 52.9. The summed E-state index contributed by atoms with van der Waals surface area (Å²) in [4.78, 5) is 12.7. The zero-order chi connectivity index (χ0) is 23.6. The molecular formula is C23H23F3N4O3. The van der Waals surface area contributed by atoms with Crippen LogP contribution in [0.3, 0.4) is 0 Å². The monoisotopic (exact) mass is 460 g/mol. The zero-order valence-corrected chi connectivity index (χ0v) is 18.0. The number of nitrogens with zero attached hydrogens (tertiary/aromatic N) is 2. The molecule has 4 rings (SSSR count). The Kier molecular flexibility index (Phi) is 6.17. The van der Waals surface area contributed by atoms with Gasteiger partial charge in [0.1, 0.15) is 17.3 Å². The standard InChI is InChI=1S/C23H23F3N4O3/c1-3-33-17-10-6-15(7-11-17)27-22(31)19-13-21-28-18(14-4-8-16(32-2)9-5-14)12-20(23(24,25)26)30(21)29-19/h4-11,13,18,20,28H,3,12H2,1-2H3,(H,27,31)/t18-,20+/m0/s1. The number of carbonyl (C=O) groups is 1. The summed E-state index contributed by atoms with van der Waals surface area (Å²) in [5.41, 5.74) is 1.04. The molecule has 33 heavy (non-hydrogen) atoms. The molecule has 174 valence electrons. The molecule has 0 unspecified atom stereocenters. The van der Waals surface area contributed by atoms with Crippen LogP contribution in [0.25, 0.3) is 0 Å². The van der Waals surface area contributed by atoms with Crippen molar-refractivity contribution in [3.8, 4) is 11.5 Å². The highest BCUT2D eigenvalue weighted by Crippen LogP contribution is 2.43. The van der Waals surface area contributed by atoms with E-state index >= 15 is 0 Å². The van der Waals surface area contributed by atoms with E-state index < -0.39 is 24.2 Å². The molecule has 1 aliphatic heterocycles. The van der Waals surface area contributed by atoms with E-state index in [4.69, 9.17) is 9.47 Å². The number of aromatic nitrogens is 2. The molecule has 3 aromatic rings. The van der Waals surface area contributed by atoms with E-state index in [-0.39, 0.29) is 17.9 Å². The van der Waals surface area contributed by atoms with E-state index in [1.54, 1.807) is 48.5 Å². The average molecular weight is 460 g/mol. The van der Waals surface area contributed by atoms with Gasteiger partial charge in [-0.15, -0.1) is 0 Å². The molecular weight excluding hydrogens is 437 g/mol. The zero-order valence-electron chi connectivity index (χ0n) is 18.0. The summed E-state index contributed by atoms with van der Waals surface area (Å²) in [6.45, 7) is 2.37. The maximum absolute atomic E-state index is 13.9. The maximum atomic E-state index is 13.9. The molecule has 2 heterocycles. The highest BCUT2D eigenvalue weighted by atomic mass is 19.4. The van der Waals surface area contributed by atoms with Crippen LogP contribution in [0.1, 0.15) is 41.5 Å². The van der Waals surface area contributed by atoms with Crippen LogP contribution in [0.2, 0.25) is 0 Å². The molecule has 0 saturated carbocycles.